The first-order valence-electron chi connectivity index (χ1n) is 15.2. The van der Waals surface area contributed by atoms with Crippen molar-refractivity contribution in [2.75, 3.05) is 23.4 Å². The highest BCUT2D eigenvalue weighted by Gasteiger charge is 2.58. The third-order valence-corrected chi connectivity index (χ3v) is 11.6. The van der Waals surface area contributed by atoms with E-state index in [2.05, 4.69) is 43.8 Å². The van der Waals surface area contributed by atoms with E-state index in [9.17, 15) is 19.2 Å². The second-order valence-corrected chi connectivity index (χ2v) is 13.9. The van der Waals surface area contributed by atoms with Crippen LogP contribution in [0, 0.1) is 5.41 Å². The minimum Gasteiger partial charge on any atom is -0.452 e. The molecule has 2 saturated heterocycles. The van der Waals surface area contributed by atoms with Gasteiger partial charge in [0.2, 0.25) is 17.5 Å². The third-order valence-electron chi connectivity index (χ3n) is 7.69. The minimum atomic E-state index is -1.11. The minimum absolute atomic E-state index is 0.0886. The van der Waals surface area contributed by atoms with Gasteiger partial charge in [-0.15, -0.1) is 28.2 Å². The number of esters is 1. The van der Waals surface area contributed by atoms with Gasteiger partial charge >= 0.3 is 5.97 Å². The van der Waals surface area contributed by atoms with Crippen LogP contribution in [0.2, 0.25) is 0 Å². The maximum Gasteiger partial charge on any atom is 0.316 e. The van der Waals surface area contributed by atoms with Crippen LogP contribution in [-0.4, -0.2) is 83.8 Å². The lowest BCUT2D eigenvalue weighted by Gasteiger charge is -2.54. The number of benzene rings is 2. The maximum atomic E-state index is 14.3. The van der Waals surface area contributed by atoms with Crippen LogP contribution >= 0.6 is 47.5 Å². The van der Waals surface area contributed by atoms with Gasteiger partial charge in [0.1, 0.15) is 16.8 Å². The van der Waals surface area contributed by atoms with E-state index in [4.69, 9.17) is 4.74 Å². The van der Waals surface area contributed by atoms with Gasteiger partial charge in [-0.25, -0.2) is 9.67 Å². The summed E-state index contributed by atoms with van der Waals surface area (Å²) >= 11 is 8.05. The van der Waals surface area contributed by atoms with Gasteiger partial charge in [0.25, 0.3) is 5.91 Å². The number of anilines is 1. The van der Waals surface area contributed by atoms with Crippen molar-refractivity contribution in [1.82, 2.24) is 35.4 Å². The molecule has 2 aromatic carbocycles. The Hall–Kier alpha value is -4.19. The Labute approximate surface area is 301 Å². The summed E-state index contributed by atoms with van der Waals surface area (Å²) in [7, 11) is 1.71. The van der Waals surface area contributed by atoms with Gasteiger partial charge in [-0.05, 0) is 27.0 Å². The molecular formula is C32H34N8O5S4. The van der Waals surface area contributed by atoms with E-state index in [1.807, 2.05) is 74.5 Å². The second kappa shape index (κ2) is 16.5. The predicted octanol–water partition coefficient (Wildman–Crippen LogP) is 4.04. The van der Waals surface area contributed by atoms with Crippen molar-refractivity contribution in [3.8, 4) is 0 Å². The Morgan fingerprint density at radius 3 is 2.41 bits per heavy atom. The largest absolute Gasteiger partial charge is 0.452 e. The van der Waals surface area contributed by atoms with E-state index < -0.39 is 34.8 Å². The fourth-order valence-corrected chi connectivity index (χ4v) is 8.85. The average Bonchev–Trinajstić information content (AvgIpc) is 3.78. The number of tetrazole rings is 1. The number of aryl methyl sites for hydroxylation is 1. The van der Waals surface area contributed by atoms with E-state index in [1.54, 1.807) is 17.3 Å². The van der Waals surface area contributed by atoms with Gasteiger partial charge in [0.15, 0.2) is 11.2 Å². The Bertz CT molecular complexity index is 1770. The molecule has 2 fully saturated rings. The number of carbonyl (C=O) groups is 4. The molecule has 2 aromatic heterocycles. The molecule has 6 rings (SSSR count). The van der Waals surface area contributed by atoms with Gasteiger partial charge < -0.3 is 20.3 Å². The Balaban J connectivity index is 0.00000230. The second-order valence-electron chi connectivity index (χ2n) is 10.7. The number of thioether (sulfide) groups is 2. The molecule has 0 aliphatic carbocycles. The van der Waals surface area contributed by atoms with Gasteiger partial charge in [-0.2, -0.15) is 12.6 Å². The number of β-lactam (4-membered cyclic amide) rings is 1. The lowest BCUT2D eigenvalue weighted by Crippen LogP contribution is -2.74. The number of ether oxygens (including phenoxy) is 1. The fraction of sp³-hybridized carbons (Fsp3) is 0.312. The van der Waals surface area contributed by atoms with Gasteiger partial charge in [-0.3, -0.25) is 19.2 Å². The fourth-order valence-electron chi connectivity index (χ4n) is 5.23. The number of aromatic nitrogens is 5. The quantitative estimate of drug-likeness (QED) is 0.0481. The molecule has 256 valence electrons. The van der Waals surface area contributed by atoms with Crippen molar-refractivity contribution >= 4 is 82.4 Å². The Morgan fingerprint density at radius 2 is 1.82 bits per heavy atom. The average molecular weight is 739 g/mol. The van der Waals surface area contributed by atoms with Crippen LogP contribution in [0.1, 0.15) is 36.8 Å². The molecule has 4 heterocycles. The summed E-state index contributed by atoms with van der Waals surface area (Å²) in [6.45, 7) is 4.09. The summed E-state index contributed by atoms with van der Waals surface area (Å²) in [6.07, 6.45) is -0.166. The molecule has 2 N–H and O–H groups in total. The van der Waals surface area contributed by atoms with Crippen molar-refractivity contribution < 1.29 is 23.9 Å². The molecule has 2 aliphatic rings. The molecule has 2 aliphatic heterocycles. The molecular weight excluding hydrogens is 705 g/mol. The number of rotatable bonds is 12. The molecule has 0 bridgehead atoms. The summed E-state index contributed by atoms with van der Waals surface area (Å²) in [6, 6.07) is 18.2. The molecule has 49 heavy (non-hydrogen) atoms. The van der Waals surface area contributed by atoms with Gasteiger partial charge in [-0.1, -0.05) is 86.3 Å². The van der Waals surface area contributed by atoms with E-state index in [0.29, 0.717) is 28.1 Å². The topological polar surface area (TPSA) is 161 Å². The molecule has 0 spiro atoms. The van der Waals surface area contributed by atoms with Crippen molar-refractivity contribution in [2.45, 2.75) is 36.5 Å². The Morgan fingerprint density at radius 1 is 1.14 bits per heavy atom. The molecule has 3 amide bonds. The van der Waals surface area contributed by atoms with Crippen LogP contribution in [-0.2, 0) is 31.0 Å². The highest BCUT2D eigenvalue weighted by molar-refractivity contribution is 8.00. The van der Waals surface area contributed by atoms with Crippen LogP contribution in [0.25, 0.3) is 5.57 Å². The lowest BCUT2D eigenvalue weighted by molar-refractivity contribution is -0.164. The number of thiazole rings is 1. The zero-order chi connectivity index (χ0) is 35.0. The molecule has 17 heteroatoms. The number of hydrogen-bond acceptors (Lipinski definition) is 13. The predicted molar refractivity (Wildman–Crippen MR) is 193 cm³/mol. The molecule has 0 saturated carbocycles. The van der Waals surface area contributed by atoms with Gasteiger partial charge in [0.05, 0.1) is 11.3 Å². The summed E-state index contributed by atoms with van der Waals surface area (Å²) < 4.78 is 7.85. The number of fused-ring (bicyclic) bond motifs is 1. The highest BCUT2D eigenvalue weighted by atomic mass is 32.2. The standard InChI is InChI=1S/C30H28N8O5S4.C2H6/c1-37-29(34-35-36-37)47-16-30(27(42)43-23(18-8-4-2-5-9-18)19-10-6-3-7-11-19)14-38-25(41)22(26(38)46-15-30)33-24(40)20(12-44)21-13-45-28(32-21)31-17-39;1-2/h2-13,17,22-23,26,44H,14-16H2,1H3,(H,33,40)(H,31,32,39);1-2H3/t22?,26-,30?;/m1./s1. The number of amides is 3. The smallest absolute Gasteiger partial charge is 0.316 e. The maximum absolute atomic E-state index is 14.3. The summed E-state index contributed by atoms with van der Waals surface area (Å²) in [5, 5.41) is 20.3. The molecule has 4 aromatic rings. The van der Waals surface area contributed by atoms with Crippen molar-refractivity contribution in [2.24, 2.45) is 12.5 Å². The van der Waals surface area contributed by atoms with Crippen LogP contribution in [0.4, 0.5) is 5.13 Å². The van der Waals surface area contributed by atoms with Crippen molar-refractivity contribution in [1.29, 1.82) is 0 Å². The first kappa shape index (κ1) is 36.1. The van der Waals surface area contributed by atoms with Crippen LogP contribution in [0.5, 0.6) is 0 Å². The monoisotopic (exact) mass is 738 g/mol. The van der Waals surface area contributed by atoms with Crippen LogP contribution in [0.15, 0.2) is 76.6 Å². The number of hydrogen-bond donors (Lipinski definition) is 3. The normalized spacial score (nSPS) is 20.0. The number of nitrogens with zero attached hydrogens (tertiary/aromatic N) is 6. The summed E-state index contributed by atoms with van der Waals surface area (Å²) in [5.41, 5.74) is 0.992. The SMILES string of the molecule is CC.Cn1nnnc1SCC1(C(=O)OC(c2ccccc2)c2ccccc2)CS[C@@H]2C(NC(=O)C(=CS)c3csc(NC=O)n3)C(=O)N2C1. The van der Waals surface area contributed by atoms with Crippen molar-refractivity contribution in [3.63, 3.8) is 0 Å². The van der Waals surface area contributed by atoms with E-state index in [-0.39, 0.29) is 23.8 Å². The first-order chi connectivity index (χ1) is 23.8. The molecule has 3 atom stereocenters. The van der Waals surface area contributed by atoms with E-state index >= 15 is 0 Å². The highest BCUT2D eigenvalue weighted by Crippen LogP contribution is 2.46. The summed E-state index contributed by atoms with van der Waals surface area (Å²) in [4.78, 5) is 57.7. The summed E-state index contributed by atoms with van der Waals surface area (Å²) in [5.74, 6) is -0.724. The first-order valence-corrected chi connectivity index (χ1v) is 18.7. The van der Waals surface area contributed by atoms with E-state index in [1.165, 1.54) is 33.6 Å². The zero-order valence-electron chi connectivity index (χ0n) is 26.8. The third kappa shape index (κ3) is 7.84. The lowest BCUT2D eigenvalue weighted by atomic mass is 9.88. The van der Waals surface area contributed by atoms with E-state index in [0.717, 1.165) is 22.5 Å². The molecule has 0 radical (unpaired) electrons. The number of thiol groups is 1. The Kier molecular flexibility index (Phi) is 12.1. The van der Waals surface area contributed by atoms with Crippen LogP contribution < -0.4 is 10.6 Å². The van der Waals surface area contributed by atoms with Gasteiger partial charge in [0, 0.05) is 30.5 Å². The van der Waals surface area contributed by atoms with Crippen molar-refractivity contribution in [3.05, 3.63) is 88.3 Å². The zero-order valence-corrected chi connectivity index (χ0v) is 30.1. The number of carbonyl (C=O) groups excluding carboxylic acids is 4. The molecule has 13 nitrogen and oxygen atoms in total. The molecule has 2 unspecified atom stereocenters. The van der Waals surface area contributed by atoms with Crippen LogP contribution in [0.3, 0.4) is 0 Å². The number of nitrogens with one attached hydrogen (secondary N) is 2.